The molecule has 0 aliphatic carbocycles. The lowest BCUT2D eigenvalue weighted by atomic mass is 10.1. The van der Waals surface area contributed by atoms with E-state index in [9.17, 15) is 4.79 Å². The van der Waals surface area contributed by atoms with Crippen LogP contribution in [0, 0.1) is 6.92 Å². The molecule has 2 aromatic heterocycles. The lowest BCUT2D eigenvalue weighted by molar-refractivity contribution is 0.101. The van der Waals surface area contributed by atoms with Gasteiger partial charge in [0.2, 0.25) is 0 Å². The Kier molecular flexibility index (Phi) is 5.12. The molecule has 1 amide bonds. The van der Waals surface area contributed by atoms with Crippen molar-refractivity contribution in [1.82, 2.24) is 19.7 Å². The maximum absolute atomic E-state index is 12.8. The van der Waals surface area contributed by atoms with Gasteiger partial charge in [-0.05, 0) is 49.4 Å². The van der Waals surface area contributed by atoms with Crippen LogP contribution in [0.4, 0.5) is 17.2 Å². The Labute approximate surface area is 184 Å². The first-order valence-corrected chi connectivity index (χ1v) is 10.1. The van der Waals surface area contributed by atoms with Crippen LogP contribution in [-0.4, -0.2) is 38.9 Å². The molecule has 0 fully saturated rings. The van der Waals surface area contributed by atoms with Gasteiger partial charge >= 0.3 is 0 Å². The van der Waals surface area contributed by atoms with E-state index >= 15 is 0 Å². The number of nitrogens with one attached hydrogen (secondary N) is 2. The molecule has 32 heavy (non-hydrogen) atoms. The Bertz CT molecular complexity index is 1260. The molecule has 0 bridgehead atoms. The molecule has 0 spiro atoms. The van der Waals surface area contributed by atoms with E-state index in [0.717, 1.165) is 5.69 Å². The summed E-state index contributed by atoms with van der Waals surface area (Å²) in [7, 11) is 0. The van der Waals surface area contributed by atoms with Crippen LogP contribution >= 0.6 is 0 Å². The van der Waals surface area contributed by atoms with Gasteiger partial charge in [-0.2, -0.15) is 5.10 Å². The van der Waals surface area contributed by atoms with Crippen molar-refractivity contribution in [3.63, 3.8) is 0 Å². The lowest BCUT2D eigenvalue weighted by Gasteiger charge is -2.20. The summed E-state index contributed by atoms with van der Waals surface area (Å²) in [5, 5.41) is 10.4. The Morgan fingerprint density at radius 3 is 2.62 bits per heavy atom. The van der Waals surface area contributed by atoms with E-state index in [1.54, 1.807) is 29.1 Å². The number of amides is 1. The SMILES string of the molecule is Cc1nc(Nc2ccc(NC(=O)c3cccc4c3OCCO4)cc2)cc(-n2cccn2)n1. The number of anilines is 3. The molecule has 0 saturated heterocycles. The van der Waals surface area contributed by atoms with Crippen molar-refractivity contribution in [2.45, 2.75) is 6.92 Å². The quantitative estimate of drug-likeness (QED) is 0.499. The zero-order valence-electron chi connectivity index (χ0n) is 17.3. The lowest BCUT2D eigenvalue weighted by Crippen LogP contribution is -2.20. The number of para-hydroxylation sites is 1. The van der Waals surface area contributed by atoms with Gasteiger partial charge in [0.15, 0.2) is 17.3 Å². The third kappa shape index (κ3) is 4.08. The van der Waals surface area contributed by atoms with Gasteiger partial charge < -0.3 is 20.1 Å². The highest BCUT2D eigenvalue weighted by Crippen LogP contribution is 2.34. The maximum Gasteiger partial charge on any atom is 0.259 e. The topological polar surface area (TPSA) is 103 Å². The van der Waals surface area contributed by atoms with E-state index in [2.05, 4.69) is 25.7 Å². The number of fused-ring (bicyclic) bond motifs is 1. The molecule has 2 aromatic carbocycles. The number of hydrogen-bond donors (Lipinski definition) is 2. The summed E-state index contributed by atoms with van der Waals surface area (Å²) >= 11 is 0. The molecule has 2 N–H and O–H groups in total. The predicted octanol–water partition coefficient (Wildman–Crippen LogP) is 3.74. The van der Waals surface area contributed by atoms with Crippen molar-refractivity contribution in [2.24, 2.45) is 0 Å². The summed E-state index contributed by atoms with van der Waals surface area (Å²) < 4.78 is 12.9. The first kappa shape index (κ1) is 19.6. The molecule has 9 heteroatoms. The standard InChI is InChI=1S/C23H20N6O3/c1-15-25-20(14-21(26-15)29-11-3-10-24-29)27-16-6-8-17(9-7-16)28-23(30)18-4-2-5-19-22(18)32-13-12-31-19/h2-11,14H,12-13H2,1H3,(H,28,30)(H,25,26,27). The molecule has 5 rings (SSSR count). The van der Waals surface area contributed by atoms with Gasteiger partial charge in [-0.15, -0.1) is 0 Å². The summed E-state index contributed by atoms with van der Waals surface area (Å²) in [6.45, 7) is 2.72. The summed E-state index contributed by atoms with van der Waals surface area (Å²) in [6, 6.07) is 16.3. The van der Waals surface area contributed by atoms with E-state index in [1.165, 1.54) is 0 Å². The highest BCUT2D eigenvalue weighted by atomic mass is 16.6. The summed E-state index contributed by atoms with van der Waals surface area (Å²) in [5.74, 6) is 2.74. The second kappa shape index (κ2) is 8.38. The summed E-state index contributed by atoms with van der Waals surface area (Å²) in [4.78, 5) is 21.6. The van der Waals surface area contributed by atoms with E-state index < -0.39 is 0 Å². The number of benzene rings is 2. The van der Waals surface area contributed by atoms with E-state index in [4.69, 9.17) is 9.47 Å². The second-order valence-electron chi connectivity index (χ2n) is 7.10. The summed E-state index contributed by atoms with van der Waals surface area (Å²) in [6.07, 6.45) is 3.52. The number of carbonyl (C=O) groups is 1. The Morgan fingerprint density at radius 1 is 1.00 bits per heavy atom. The van der Waals surface area contributed by atoms with Crippen molar-refractivity contribution in [3.8, 4) is 17.3 Å². The number of ether oxygens (including phenoxy) is 2. The van der Waals surface area contributed by atoms with E-state index in [1.807, 2.05) is 49.5 Å². The number of aromatic nitrogens is 4. The van der Waals surface area contributed by atoms with Gasteiger partial charge in [0.05, 0.1) is 5.56 Å². The molecule has 0 unspecified atom stereocenters. The third-order valence-electron chi connectivity index (χ3n) is 4.79. The first-order valence-electron chi connectivity index (χ1n) is 10.1. The predicted molar refractivity (Wildman–Crippen MR) is 119 cm³/mol. The number of nitrogens with zero attached hydrogens (tertiary/aromatic N) is 4. The van der Waals surface area contributed by atoms with E-state index in [-0.39, 0.29) is 5.91 Å². The van der Waals surface area contributed by atoms with Gasteiger partial charge in [0.1, 0.15) is 24.9 Å². The highest BCUT2D eigenvalue weighted by Gasteiger charge is 2.20. The summed E-state index contributed by atoms with van der Waals surface area (Å²) in [5.41, 5.74) is 1.92. The fourth-order valence-corrected chi connectivity index (χ4v) is 3.37. The molecule has 4 aromatic rings. The number of aryl methyl sites for hydroxylation is 1. The van der Waals surface area contributed by atoms with Gasteiger partial charge in [0.25, 0.3) is 5.91 Å². The Morgan fingerprint density at radius 2 is 1.81 bits per heavy atom. The fraction of sp³-hybridized carbons (Fsp3) is 0.130. The molecule has 1 aliphatic heterocycles. The largest absolute Gasteiger partial charge is 0.486 e. The smallest absolute Gasteiger partial charge is 0.259 e. The van der Waals surface area contributed by atoms with Gasteiger partial charge in [-0.25, -0.2) is 14.6 Å². The average molecular weight is 428 g/mol. The Balaban J connectivity index is 1.30. The molecular formula is C23H20N6O3. The van der Waals surface area contributed by atoms with Gasteiger partial charge in [-0.3, -0.25) is 4.79 Å². The van der Waals surface area contributed by atoms with Crippen LogP contribution in [0.5, 0.6) is 11.5 Å². The molecule has 160 valence electrons. The molecule has 1 aliphatic rings. The number of hydrogen-bond acceptors (Lipinski definition) is 7. The van der Waals surface area contributed by atoms with Crippen LogP contribution in [0.25, 0.3) is 5.82 Å². The zero-order chi connectivity index (χ0) is 21.9. The molecule has 0 saturated carbocycles. The van der Waals surface area contributed by atoms with Crippen molar-refractivity contribution in [1.29, 1.82) is 0 Å². The monoisotopic (exact) mass is 428 g/mol. The van der Waals surface area contributed by atoms with Crippen LogP contribution in [0.1, 0.15) is 16.2 Å². The van der Waals surface area contributed by atoms with Crippen molar-refractivity contribution >= 4 is 23.1 Å². The van der Waals surface area contributed by atoms with Crippen LogP contribution in [0.15, 0.2) is 67.0 Å². The van der Waals surface area contributed by atoms with Crippen LogP contribution in [0.2, 0.25) is 0 Å². The minimum atomic E-state index is -0.261. The normalized spacial score (nSPS) is 12.3. The molecule has 9 nitrogen and oxygen atoms in total. The zero-order valence-corrected chi connectivity index (χ0v) is 17.3. The van der Waals surface area contributed by atoms with Crippen LogP contribution in [0.3, 0.4) is 0 Å². The average Bonchev–Trinajstić information content (AvgIpc) is 3.35. The molecule has 0 radical (unpaired) electrons. The van der Waals surface area contributed by atoms with Crippen molar-refractivity contribution in [2.75, 3.05) is 23.8 Å². The van der Waals surface area contributed by atoms with Crippen molar-refractivity contribution < 1.29 is 14.3 Å². The van der Waals surface area contributed by atoms with Crippen LogP contribution in [-0.2, 0) is 0 Å². The fourth-order valence-electron chi connectivity index (χ4n) is 3.37. The first-order chi connectivity index (χ1) is 15.7. The minimum absolute atomic E-state index is 0.261. The Hall–Kier alpha value is -4.40. The van der Waals surface area contributed by atoms with Crippen molar-refractivity contribution in [3.05, 3.63) is 78.4 Å². The van der Waals surface area contributed by atoms with E-state index in [0.29, 0.717) is 53.4 Å². The van der Waals surface area contributed by atoms with Gasteiger partial charge in [0, 0.05) is 29.8 Å². The maximum atomic E-state index is 12.8. The second-order valence-corrected chi connectivity index (χ2v) is 7.10. The van der Waals surface area contributed by atoms with Crippen LogP contribution < -0.4 is 20.1 Å². The third-order valence-corrected chi connectivity index (χ3v) is 4.79. The number of rotatable bonds is 5. The molecule has 0 atom stereocenters. The minimum Gasteiger partial charge on any atom is -0.486 e. The number of carbonyl (C=O) groups excluding carboxylic acids is 1. The van der Waals surface area contributed by atoms with Gasteiger partial charge in [-0.1, -0.05) is 6.07 Å². The highest BCUT2D eigenvalue weighted by molar-refractivity contribution is 6.06. The molecule has 3 heterocycles. The molecular weight excluding hydrogens is 408 g/mol.